The van der Waals surface area contributed by atoms with Gasteiger partial charge in [-0.2, -0.15) is 16.4 Å². The van der Waals surface area contributed by atoms with Crippen LogP contribution in [-0.4, -0.2) is 9.78 Å². The Morgan fingerprint density at radius 1 is 1.50 bits per heavy atom. The number of nitrogens with two attached hydrogens (primary N) is 1. The molecule has 0 fully saturated rings. The molecule has 2 aromatic heterocycles. The molecular formula is C12H17N3S. The Kier molecular flexibility index (Phi) is 3.74. The smallest absolute Gasteiger partial charge is 0.0554 e. The zero-order valence-corrected chi connectivity index (χ0v) is 10.3. The van der Waals surface area contributed by atoms with Crippen molar-refractivity contribution in [1.29, 1.82) is 0 Å². The van der Waals surface area contributed by atoms with E-state index in [0.717, 1.165) is 25.1 Å². The molecule has 0 aromatic carbocycles. The summed E-state index contributed by atoms with van der Waals surface area (Å²) in [4.78, 5) is 0. The maximum atomic E-state index is 6.21. The van der Waals surface area contributed by atoms with Gasteiger partial charge in [0.15, 0.2) is 0 Å². The lowest BCUT2D eigenvalue weighted by Crippen LogP contribution is -2.18. The number of rotatable bonds is 5. The molecule has 1 unspecified atom stereocenters. The first kappa shape index (κ1) is 11.4. The van der Waals surface area contributed by atoms with Crippen LogP contribution in [0.5, 0.6) is 0 Å². The van der Waals surface area contributed by atoms with E-state index in [1.807, 2.05) is 16.9 Å². The molecule has 0 spiro atoms. The monoisotopic (exact) mass is 235 g/mol. The highest BCUT2D eigenvalue weighted by atomic mass is 32.1. The summed E-state index contributed by atoms with van der Waals surface area (Å²) in [5, 5.41) is 8.54. The van der Waals surface area contributed by atoms with Crippen molar-refractivity contribution in [3.63, 3.8) is 0 Å². The molecule has 16 heavy (non-hydrogen) atoms. The van der Waals surface area contributed by atoms with Crippen LogP contribution in [0, 0.1) is 0 Å². The van der Waals surface area contributed by atoms with Gasteiger partial charge in [-0.3, -0.25) is 4.68 Å². The second kappa shape index (κ2) is 5.27. The summed E-state index contributed by atoms with van der Waals surface area (Å²) in [6, 6.07) is 4.20. The quantitative estimate of drug-likeness (QED) is 0.865. The second-order valence-electron chi connectivity index (χ2n) is 3.92. The number of aromatic nitrogens is 2. The first-order valence-electron chi connectivity index (χ1n) is 5.59. The normalized spacial score (nSPS) is 12.9. The maximum absolute atomic E-state index is 6.21. The van der Waals surface area contributed by atoms with Gasteiger partial charge in [0.1, 0.15) is 0 Å². The van der Waals surface area contributed by atoms with Crippen LogP contribution >= 0.6 is 11.3 Å². The lowest BCUT2D eigenvalue weighted by Gasteiger charge is -2.13. The Morgan fingerprint density at radius 2 is 2.38 bits per heavy atom. The van der Waals surface area contributed by atoms with Crippen LogP contribution in [0.1, 0.15) is 30.6 Å². The number of hydrogen-bond donors (Lipinski definition) is 1. The molecule has 0 aliphatic rings. The Labute approximate surface area is 99.9 Å². The minimum absolute atomic E-state index is 0.0450. The fourth-order valence-electron chi connectivity index (χ4n) is 1.82. The molecule has 0 bridgehead atoms. The molecule has 4 heteroatoms. The highest BCUT2D eigenvalue weighted by molar-refractivity contribution is 7.07. The van der Waals surface area contributed by atoms with Crippen molar-refractivity contribution in [3.05, 3.63) is 40.3 Å². The van der Waals surface area contributed by atoms with E-state index >= 15 is 0 Å². The van der Waals surface area contributed by atoms with Gasteiger partial charge in [-0.1, -0.05) is 6.92 Å². The van der Waals surface area contributed by atoms with Crippen LogP contribution in [-0.2, 0) is 13.0 Å². The number of nitrogens with zero attached hydrogens (tertiary/aromatic N) is 2. The molecule has 2 heterocycles. The summed E-state index contributed by atoms with van der Waals surface area (Å²) in [5.74, 6) is 0. The van der Waals surface area contributed by atoms with E-state index in [4.69, 9.17) is 5.73 Å². The summed E-state index contributed by atoms with van der Waals surface area (Å²) in [5.41, 5.74) is 8.65. The molecule has 0 aliphatic heterocycles. The number of hydrogen-bond acceptors (Lipinski definition) is 3. The van der Waals surface area contributed by atoms with E-state index < -0.39 is 0 Å². The first-order chi connectivity index (χ1) is 7.81. The van der Waals surface area contributed by atoms with Crippen LogP contribution in [0.4, 0.5) is 0 Å². The van der Waals surface area contributed by atoms with Crippen molar-refractivity contribution in [2.75, 3.05) is 0 Å². The van der Waals surface area contributed by atoms with E-state index in [2.05, 4.69) is 28.8 Å². The predicted octanol–water partition coefficient (Wildman–Crippen LogP) is 2.60. The van der Waals surface area contributed by atoms with E-state index in [-0.39, 0.29) is 6.04 Å². The highest BCUT2D eigenvalue weighted by Gasteiger charge is 2.12. The topological polar surface area (TPSA) is 43.8 Å². The van der Waals surface area contributed by atoms with Crippen LogP contribution in [0.15, 0.2) is 29.1 Å². The van der Waals surface area contributed by atoms with Gasteiger partial charge in [0.25, 0.3) is 0 Å². The van der Waals surface area contributed by atoms with Crippen molar-refractivity contribution >= 4 is 11.3 Å². The van der Waals surface area contributed by atoms with Gasteiger partial charge in [0.05, 0.1) is 11.7 Å². The van der Waals surface area contributed by atoms with Crippen LogP contribution in [0.2, 0.25) is 0 Å². The standard InChI is InChI=1S/C12H17N3S/c1-2-6-15-12(3-5-14-15)11(13)8-10-4-7-16-9-10/h3-5,7,9,11H,2,6,8,13H2,1H3. The molecular weight excluding hydrogens is 218 g/mol. The Hall–Kier alpha value is -1.13. The first-order valence-corrected chi connectivity index (χ1v) is 6.54. The number of aryl methyl sites for hydroxylation is 1. The third-order valence-corrected chi connectivity index (χ3v) is 3.33. The van der Waals surface area contributed by atoms with E-state index in [0.29, 0.717) is 0 Å². The van der Waals surface area contributed by atoms with Gasteiger partial charge >= 0.3 is 0 Å². The molecule has 0 saturated carbocycles. The van der Waals surface area contributed by atoms with E-state index in [9.17, 15) is 0 Å². The Bertz CT molecular complexity index is 419. The lowest BCUT2D eigenvalue weighted by molar-refractivity contribution is 0.538. The third-order valence-electron chi connectivity index (χ3n) is 2.60. The summed E-state index contributed by atoms with van der Waals surface area (Å²) in [6.07, 6.45) is 3.80. The van der Waals surface area contributed by atoms with Crippen LogP contribution < -0.4 is 5.73 Å². The summed E-state index contributed by atoms with van der Waals surface area (Å²) >= 11 is 1.72. The predicted molar refractivity (Wildman–Crippen MR) is 67.5 cm³/mol. The summed E-state index contributed by atoms with van der Waals surface area (Å²) in [6.45, 7) is 3.09. The lowest BCUT2D eigenvalue weighted by atomic mass is 10.1. The van der Waals surface area contributed by atoms with Gasteiger partial charge in [0.2, 0.25) is 0 Å². The molecule has 2 aromatic rings. The van der Waals surface area contributed by atoms with E-state index in [1.165, 1.54) is 5.56 Å². The zero-order chi connectivity index (χ0) is 11.4. The van der Waals surface area contributed by atoms with Crippen molar-refractivity contribution in [2.24, 2.45) is 5.73 Å². The van der Waals surface area contributed by atoms with Gasteiger partial charge in [-0.05, 0) is 41.3 Å². The molecule has 86 valence electrons. The third kappa shape index (κ3) is 2.51. The maximum Gasteiger partial charge on any atom is 0.0554 e. The minimum Gasteiger partial charge on any atom is -0.322 e. The molecule has 0 saturated heterocycles. The average molecular weight is 235 g/mol. The van der Waals surface area contributed by atoms with Gasteiger partial charge in [-0.25, -0.2) is 0 Å². The Balaban J connectivity index is 2.08. The highest BCUT2D eigenvalue weighted by Crippen LogP contribution is 2.17. The SMILES string of the molecule is CCCn1nccc1C(N)Cc1ccsc1. The number of thiophene rings is 1. The second-order valence-corrected chi connectivity index (χ2v) is 4.70. The molecule has 0 aliphatic carbocycles. The largest absolute Gasteiger partial charge is 0.322 e. The molecule has 3 nitrogen and oxygen atoms in total. The van der Waals surface area contributed by atoms with Crippen molar-refractivity contribution in [2.45, 2.75) is 32.4 Å². The van der Waals surface area contributed by atoms with Crippen molar-refractivity contribution in [3.8, 4) is 0 Å². The fourth-order valence-corrected chi connectivity index (χ4v) is 2.51. The summed E-state index contributed by atoms with van der Waals surface area (Å²) < 4.78 is 2.01. The zero-order valence-electron chi connectivity index (χ0n) is 9.47. The van der Waals surface area contributed by atoms with Gasteiger partial charge in [0, 0.05) is 12.7 Å². The van der Waals surface area contributed by atoms with Crippen LogP contribution in [0.3, 0.4) is 0 Å². The molecule has 2 N–H and O–H groups in total. The molecule has 0 radical (unpaired) electrons. The molecule has 1 atom stereocenters. The summed E-state index contributed by atoms with van der Waals surface area (Å²) in [7, 11) is 0. The van der Waals surface area contributed by atoms with Crippen LogP contribution in [0.25, 0.3) is 0 Å². The average Bonchev–Trinajstić information content (AvgIpc) is 2.89. The van der Waals surface area contributed by atoms with Crippen molar-refractivity contribution in [1.82, 2.24) is 9.78 Å². The molecule has 0 amide bonds. The van der Waals surface area contributed by atoms with Gasteiger partial charge in [-0.15, -0.1) is 0 Å². The van der Waals surface area contributed by atoms with Crippen molar-refractivity contribution < 1.29 is 0 Å². The molecule has 2 rings (SSSR count). The fraction of sp³-hybridized carbons (Fsp3) is 0.417. The Morgan fingerprint density at radius 3 is 3.06 bits per heavy atom. The van der Waals surface area contributed by atoms with Gasteiger partial charge < -0.3 is 5.73 Å². The minimum atomic E-state index is 0.0450. The van der Waals surface area contributed by atoms with E-state index in [1.54, 1.807) is 11.3 Å².